The molecule has 8 heteroatoms. The summed E-state index contributed by atoms with van der Waals surface area (Å²) in [5.74, 6) is 2.75. The molecular formula is C27H28N4O4. The number of rotatable bonds is 8. The zero-order chi connectivity index (χ0) is 24.9. The summed E-state index contributed by atoms with van der Waals surface area (Å²) in [6, 6.07) is 15.0. The van der Waals surface area contributed by atoms with Gasteiger partial charge in [0.05, 0.1) is 26.5 Å². The van der Waals surface area contributed by atoms with E-state index in [4.69, 9.17) is 19.2 Å². The molecule has 4 rings (SSSR count). The predicted octanol–water partition coefficient (Wildman–Crippen LogP) is 5.11. The quantitative estimate of drug-likeness (QED) is 0.359. The number of aromatic nitrogens is 3. The predicted molar refractivity (Wildman–Crippen MR) is 137 cm³/mol. The number of anilines is 1. The number of pyridine rings is 1. The number of carbonyl (C=O) groups excluding carboxylic acids is 1. The molecule has 0 aliphatic rings. The van der Waals surface area contributed by atoms with Crippen LogP contribution in [0.25, 0.3) is 22.8 Å². The molecule has 180 valence electrons. The van der Waals surface area contributed by atoms with Crippen molar-refractivity contribution in [1.82, 2.24) is 14.8 Å². The van der Waals surface area contributed by atoms with E-state index in [-0.39, 0.29) is 5.91 Å². The summed E-state index contributed by atoms with van der Waals surface area (Å²) in [7, 11) is 3.20. The maximum absolute atomic E-state index is 12.7. The van der Waals surface area contributed by atoms with Crippen molar-refractivity contribution in [2.75, 3.05) is 26.1 Å². The molecule has 0 aliphatic carbocycles. The van der Waals surface area contributed by atoms with Crippen molar-refractivity contribution in [2.24, 2.45) is 0 Å². The molecule has 0 bridgehead atoms. The van der Waals surface area contributed by atoms with Gasteiger partial charge in [0.15, 0.2) is 17.3 Å². The fourth-order valence-electron chi connectivity index (χ4n) is 3.81. The van der Waals surface area contributed by atoms with Gasteiger partial charge in [-0.05, 0) is 62.2 Å². The van der Waals surface area contributed by atoms with Crippen LogP contribution in [0.15, 0.2) is 54.6 Å². The average Bonchev–Trinajstić information content (AvgIpc) is 3.22. The number of aryl methyl sites for hydroxylation is 2. The van der Waals surface area contributed by atoms with Crippen LogP contribution < -0.4 is 19.5 Å². The van der Waals surface area contributed by atoms with E-state index in [0.717, 1.165) is 27.7 Å². The van der Waals surface area contributed by atoms with E-state index in [1.165, 1.54) is 6.08 Å². The van der Waals surface area contributed by atoms with E-state index in [1.54, 1.807) is 31.0 Å². The summed E-state index contributed by atoms with van der Waals surface area (Å²) in [6.45, 7) is 6.33. The van der Waals surface area contributed by atoms with Crippen molar-refractivity contribution in [2.45, 2.75) is 20.8 Å². The van der Waals surface area contributed by atoms with Gasteiger partial charge in [-0.25, -0.2) is 4.98 Å². The topological polar surface area (TPSA) is 87.5 Å². The number of carbonyl (C=O) groups is 1. The van der Waals surface area contributed by atoms with Gasteiger partial charge in [-0.2, -0.15) is 9.78 Å². The molecule has 1 N–H and O–H groups in total. The maximum atomic E-state index is 12.7. The number of methoxy groups -OCH3 is 2. The number of amides is 1. The Hall–Kier alpha value is -4.33. The Balaban J connectivity index is 1.60. The van der Waals surface area contributed by atoms with Crippen LogP contribution in [0.5, 0.6) is 17.2 Å². The molecule has 0 saturated heterocycles. The first-order valence-electron chi connectivity index (χ1n) is 11.2. The first kappa shape index (κ1) is 23.8. The molecule has 0 radical (unpaired) electrons. The van der Waals surface area contributed by atoms with Gasteiger partial charge in [0, 0.05) is 17.5 Å². The van der Waals surface area contributed by atoms with E-state index in [1.807, 2.05) is 63.2 Å². The second-order valence-corrected chi connectivity index (χ2v) is 7.90. The monoisotopic (exact) mass is 472 g/mol. The van der Waals surface area contributed by atoms with Crippen LogP contribution in [-0.2, 0) is 4.79 Å². The number of para-hydroxylation sites is 1. The van der Waals surface area contributed by atoms with E-state index >= 15 is 0 Å². The second kappa shape index (κ2) is 10.3. The summed E-state index contributed by atoms with van der Waals surface area (Å²) in [5, 5.41) is 8.45. The zero-order valence-corrected chi connectivity index (χ0v) is 20.5. The molecule has 0 unspecified atom stereocenters. The number of nitrogens with one attached hydrogen (secondary N) is 1. The van der Waals surface area contributed by atoms with Crippen molar-refractivity contribution in [3.63, 3.8) is 0 Å². The Kier molecular flexibility index (Phi) is 7.01. The minimum atomic E-state index is -0.297. The summed E-state index contributed by atoms with van der Waals surface area (Å²) in [6.07, 6.45) is 3.17. The average molecular weight is 473 g/mol. The number of hydrogen-bond donors (Lipinski definition) is 1. The van der Waals surface area contributed by atoms with E-state index in [9.17, 15) is 4.79 Å². The van der Waals surface area contributed by atoms with Crippen molar-refractivity contribution < 1.29 is 19.0 Å². The fourth-order valence-corrected chi connectivity index (χ4v) is 3.81. The lowest BCUT2D eigenvalue weighted by Gasteiger charge is -2.12. The van der Waals surface area contributed by atoms with Crippen LogP contribution in [0.4, 0.5) is 5.82 Å². The zero-order valence-electron chi connectivity index (χ0n) is 20.5. The normalized spacial score (nSPS) is 11.1. The summed E-state index contributed by atoms with van der Waals surface area (Å²) >= 11 is 0. The van der Waals surface area contributed by atoms with Crippen LogP contribution in [-0.4, -0.2) is 41.5 Å². The van der Waals surface area contributed by atoms with Gasteiger partial charge in [0.1, 0.15) is 17.1 Å². The SMILES string of the molecule is CCOc1ccc(/C=C/C(=O)Nc2cc(C)nn2-c2cc(C)c3cccc(OC)c3n2)cc1OC. The molecule has 1 amide bonds. The first-order chi connectivity index (χ1) is 16.9. The highest BCUT2D eigenvalue weighted by atomic mass is 16.5. The molecule has 0 fully saturated rings. The molecule has 35 heavy (non-hydrogen) atoms. The smallest absolute Gasteiger partial charge is 0.249 e. The third-order valence-corrected chi connectivity index (χ3v) is 5.43. The molecule has 0 saturated carbocycles. The van der Waals surface area contributed by atoms with Gasteiger partial charge in [-0.1, -0.05) is 18.2 Å². The van der Waals surface area contributed by atoms with E-state index in [2.05, 4.69) is 10.4 Å². The van der Waals surface area contributed by atoms with Crippen LogP contribution in [0.2, 0.25) is 0 Å². The van der Waals surface area contributed by atoms with Crippen LogP contribution in [0.1, 0.15) is 23.7 Å². The number of nitrogens with zero attached hydrogens (tertiary/aromatic N) is 3. The van der Waals surface area contributed by atoms with Crippen LogP contribution in [0, 0.1) is 13.8 Å². The minimum Gasteiger partial charge on any atom is -0.494 e. The Morgan fingerprint density at radius 3 is 2.57 bits per heavy atom. The van der Waals surface area contributed by atoms with E-state index < -0.39 is 0 Å². The second-order valence-electron chi connectivity index (χ2n) is 7.90. The van der Waals surface area contributed by atoms with Gasteiger partial charge in [-0.15, -0.1) is 0 Å². The summed E-state index contributed by atoms with van der Waals surface area (Å²) in [4.78, 5) is 17.5. The summed E-state index contributed by atoms with van der Waals surface area (Å²) < 4.78 is 18.0. The van der Waals surface area contributed by atoms with Crippen LogP contribution in [0.3, 0.4) is 0 Å². The highest BCUT2D eigenvalue weighted by molar-refractivity contribution is 6.01. The third-order valence-electron chi connectivity index (χ3n) is 5.43. The molecular weight excluding hydrogens is 444 g/mol. The van der Waals surface area contributed by atoms with Gasteiger partial charge >= 0.3 is 0 Å². The molecule has 4 aromatic rings. The van der Waals surface area contributed by atoms with Gasteiger partial charge in [0.2, 0.25) is 5.91 Å². The number of ether oxygens (including phenoxy) is 3. The Morgan fingerprint density at radius 1 is 1.03 bits per heavy atom. The fraction of sp³-hybridized carbons (Fsp3) is 0.222. The minimum absolute atomic E-state index is 0.297. The van der Waals surface area contributed by atoms with Gasteiger partial charge < -0.3 is 19.5 Å². The standard InChI is InChI=1S/C27H28N4O4/c1-6-35-21-12-10-19(16-23(21)34-5)11-13-26(32)28-25-15-18(3)30-31(25)24-14-17(2)20-8-7-9-22(33-4)27(20)29-24/h7-16H,6H2,1-5H3,(H,28,32)/b13-11+. The number of hydrogen-bond acceptors (Lipinski definition) is 6. The molecule has 0 atom stereocenters. The Labute approximate surface area is 204 Å². The third kappa shape index (κ3) is 5.11. The first-order valence-corrected chi connectivity index (χ1v) is 11.2. The maximum Gasteiger partial charge on any atom is 0.249 e. The molecule has 2 heterocycles. The van der Waals surface area contributed by atoms with Gasteiger partial charge in [-0.3, -0.25) is 4.79 Å². The molecule has 8 nitrogen and oxygen atoms in total. The van der Waals surface area contributed by atoms with Crippen molar-refractivity contribution in [3.8, 4) is 23.1 Å². The lowest BCUT2D eigenvalue weighted by molar-refractivity contribution is -0.111. The summed E-state index contributed by atoms with van der Waals surface area (Å²) in [5.41, 5.74) is 3.32. The molecule has 0 spiro atoms. The van der Waals surface area contributed by atoms with Crippen molar-refractivity contribution in [3.05, 3.63) is 71.4 Å². The largest absolute Gasteiger partial charge is 0.494 e. The highest BCUT2D eigenvalue weighted by Crippen LogP contribution is 2.30. The van der Waals surface area contributed by atoms with Crippen molar-refractivity contribution >= 4 is 28.7 Å². The number of benzene rings is 2. The lowest BCUT2D eigenvalue weighted by atomic mass is 10.1. The van der Waals surface area contributed by atoms with Gasteiger partial charge in [0.25, 0.3) is 0 Å². The van der Waals surface area contributed by atoms with E-state index in [0.29, 0.717) is 35.5 Å². The highest BCUT2D eigenvalue weighted by Gasteiger charge is 2.14. The Bertz CT molecular complexity index is 1410. The van der Waals surface area contributed by atoms with Crippen LogP contribution >= 0.6 is 0 Å². The Morgan fingerprint density at radius 2 is 1.83 bits per heavy atom. The molecule has 0 aliphatic heterocycles. The molecule has 2 aromatic carbocycles. The molecule has 2 aromatic heterocycles. The lowest BCUT2D eigenvalue weighted by Crippen LogP contribution is -2.13. The number of fused-ring (bicyclic) bond motifs is 1. The van der Waals surface area contributed by atoms with Crippen molar-refractivity contribution in [1.29, 1.82) is 0 Å².